The molecule has 0 aliphatic rings. The molecule has 0 heterocycles. The van der Waals surface area contributed by atoms with Gasteiger partial charge in [0, 0.05) is 6.54 Å². The van der Waals surface area contributed by atoms with Gasteiger partial charge in [-0.2, -0.15) is 0 Å². The zero-order valence-corrected chi connectivity index (χ0v) is 16.3. The molecule has 146 valence electrons. The average Bonchev–Trinajstić information content (AvgIpc) is 2.58. The number of hydrogen-bond acceptors (Lipinski definition) is 5. The average molecular weight is 384 g/mol. The van der Waals surface area contributed by atoms with E-state index in [9.17, 15) is 19.0 Å². The first-order valence-corrected chi connectivity index (χ1v) is 10.3. The number of likely N-dealkylation sites (N-methyl/N-ethyl adjacent to an activating group) is 1. The highest BCUT2D eigenvalue weighted by molar-refractivity contribution is 7.54. The minimum atomic E-state index is -4.20. The SMILES string of the molecule is CCNC(=O)[C@H](CC(C)C)NP(=O)([O-])CNC(=O)OCc1ccccc1. The van der Waals surface area contributed by atoms with Crippen molar-refractivity contribution in [3.8, 4) is 0 Å². The van der Waals surface area contributed by atoms with Gasteiger partial charge in [0.05, 0.1) is 19.8 Å². The van der Waals surface area contributed by atoms with Crippen molar-refractivity contribution in [3.05, 3.63) is 35.9 Å². The van der Waals surface area contributed by atoms with Gasteiger partial charge in [0.25, 0.3) is 0 Å². The maximum atomic E-state index is 12.2. The van der Waals surface area contributed by atoms with Gasteiger partial charge in [0.1, 0.15) is 6.61 Å². The van der Waals surface area contributed by atoms with Crippen LogP contribution in [0.2, 0.25) is 0 Å². The minimum Gasteiger partial charge on any atom is -0.787 e. The van der Waals surface area contributed by atoms with Crippen molar-refractivity contribution < 1.29 is 23.8 Å². The van der Waals surface area contributed by atoms with Gasteiger partial charge in [-0.3, -0.25) is 9.88 Å². The maximum absolute atomic E-state index is 12.2. The van der Waals surface area contributed by atoms with Gasteiger partial charge in [-0.15, -0.1) is 0 Å². The Morgan fingerprint density at radius 2 is 1.85 bits per heavy atom. The van der Waals surface area contributed by atoms with E-state index in [0.717, 1.165) is 5.56 Å². The summed E-state index contributed by atoms with van der Waals surface area (Å²) in [6, 6.07) is 8.16. The van der Waals surface area contributed by atoms with Crippen molar-refractivity contribution >= 4 is 19.5 Å². The molecule has 1 aromatic rings. The topological polar surface area (TPSA) is 120 Å². The maximum Gasteiger partial charge on any atom is 0.407 e. The van der Waals surface area contributed by atoms with Gasteiger partial charge in [-0.25, -0.2) is 4.79 Å². The smallest absolute Gasteiger partial charge is 0.407 e. The lowest BCUT2D eigenvalue weighted by molar-refractivity contribution is -0.179. The highest BCUT2D eigenvalue weighted by atomic mass is 31.2. The fourth-order valence-corrected chi connectivity index (χ4v) is 3.34. The molecule has 8 nitrogen and oxygen atoms in total. The molecule has 9 heteroatoms. The summed E-state index contributed by atoms with van der Waals surface area (Å²) in [6.07, 6.45) is -1.13. The van der Waals surface area contributed by atoms with Gasteiger partial charge in [-0.05, 0) is 24.8 Å². The first-order chi connectivity index (χ1) is 12.2. The summed E-state index contributed by atoms with van der Waals surface area (Å²) in [5, 5.41) is 7.15. The molecule has 2 amide bonds. The van der Waals surface area contributed by atoms with E-state index in [1.807, 2.05) is 32.0 Å². The van der Waals surface area contributed by atoms with Crippen LogP contribution in [-0.2, 0) is 20.7 Å². The molecule has 0 fully saturated rings. The van der Waals surface area contributed by atoms with E-state index >= 15 is 0 Å². The molecule has 0 saturated carbocycles. The number of rotatable bonds is 10. The number of alkyl carbamates (subject to hydrolysis) is 1. The quantitative estimate of drug-likeness (QED) is 0.527. The Bertz CT molecular complexity index is 624. The van der Waals surface area contributed by atoms with E-state index in [4.69, 9.17) is 4.74 Å². The number of carbonyl (C=O) groups excluding carboxylic acids is 2. The van der Waals surface area contributed by atoms with Crippen molar-refractivity contribution in [3.63, 3.8) is 0 Å². The Hall–Kier alpha value is -1.89. The normalized spacial score (nSPS) is 14.3. The highest BCUT2D eigenvalue weighted by Gasteiger charge is 2.23. The molecule has 2 atom stereocenters. The molecule has 1 unspecified atom stereocenters. The Balaban J connectivity index is 2.50. The molecule has 0 spiro atoms. The van der Waals surface area contributed by atoms with E-state index in [2.05, 4.69) is 15.7 Å². The summed E-state index contributed by atoms with van der Waals surface area (Å²) in [5.74, 6) is -0.261. The standard InChI is InChI=1S/C17H28N3O5P/c1-4-18-16(21)15(10-13(2)3)20-26(23,24)12-19-17(22)25-11-14-8-6-5-7-9-14/h5-9,13,15H,4,10-12H2,1-3H3,(H,18,21)(H,19,22)(H2,20,23,24)/p-1/t15-/m0/s1. The number of amides is 2. The molecule has 0 aliphatic carbocycles. The van der Waals surface area contributed by atoms with Gasteiger partial charge in [0.2, 0.25) is 5.91 Å². The number of hydrogen-bond donors (Lipinski definition) is 3. The largest absolute Gasteiger partial charge is 0.787 e. The molecule has 1 aromatic carbocycles. The molecule has 0 radical (unpaired) electrons. The van der Waals surface area contributed by atoms with Crippen molar-refractivity contribution in [2.24, 2.45) is 5.92 Å². The predicted molar refractivity (Wildman–Crippen MR) is 97.3 cm³/mol. The summed E-state index contributed by atoms with van der Waals surface area (Å²) >= 11 is 0. The van der Waals surface area contributed by atoms with Crippen LogP contribution >= 0.6 is 7.52 Å². The van der Waals surface area contributed by atoms with Crippen LogP contribution < -0.4 is 20.6 Å². The first kappa shape index (κ1) is 22.2. The van der Waals surface area contributed by atoms with E-state index in [1.165, 1.54) is 0 Å². The van der Waals surface area contributed by atoms with Gasteiger partial charge < -0.3 is 24.8 Å². The van der Waals surface area contributed by atoms with Crippen LogP contribution in [0.4, 0.5) is 4.79 Å². The Kier molecular flexibility index (Phi) is 9.34. The molecule has 1 rings (SSSR count). The van der Waals surface area contributed by atoms with Crippen molar-refractivity contribution in [1.29, 1.82) is 0 Å². The lowest BCUT2D eigenvalue weighted by Gasteiger charge is -2.30. The molecular formula is C17H27N3O5P-. The van der Waals surface area contributed by atoms with Crippen LogP contribution in [0.15, 0.2) is 30.3 Å². The summed E-state index contributed by atoms with van der Waals surface area (Å²) < 4.78 is 17.1. The Morgan fingerprint density at radius 1 is 1.19 bits per heavy atom. The van der Waals surface area contributed by atoms with Crippen LogP contribution in [0.1, 0.15) is 32.8 Å². The van der Waals surface area contributed by atoms with Crippen LogP contribution in [0.3, 0.4) is 0 Å². The van der Waals surface area contributed by atoms with Gasteiger partial charge in [-0.1, -0.05) is 44.2 Å². The zero-order valence-electron chi connectivity index (χ0n) is 15.4. The number of benzene rings is 1. The molecule has 0 bridgehead atoms. The van der Waals surface area contributed by atoms with Crippen LogP contribution in [0.5, 0.6) is 0 Å². The Morgan fingerprint density at radius 3 is 2.42 bits per heavy atom. The van der Waals surface area contributed by atoms with Crippen LogP contribution in [0, 0.1) is 5.92 Å². The highest BCUT2D eigenvalue weighted by Crippen LogP contribution is 2.30. The van der Waals surface area contributed by atoms with Crippen molar-refractivity contribution in [2.75, 3.05) is 12.8 Å². The Labute approximate surface area is 154 Å². The second-order valence-corrected chi connectivity index (χ2v) is 8.20. The number of carbonyl (C=O) groups is 2. The monoisotopic (exact) mass is 384 g/mol. The third-order valence-corrected chi connectivity index (χ3v) is 4.65. The third kappa shape index (κ3) is 8.99. The number of nitrogens with one attached hydrogen (secondary N) is 3. The number of ether oxygens (including phenoxy) is 1. The third-order valence-electron chi connectivity index (χ3n) is 3.37. The molecule has 0 aliphatic heterocycles. The fraction of sp³-hybridized carbons (Fsp3) is 0.529. The van der Waals surface area contributed by atoms with Crippen LogP contribution in [-0.4, -0.2) is 30.9 Å². The second kappa shape index (κ2) is 11.0. The lowest BCUT2D eigenvalue weighted by atomic mass is 10.0. The molecule has 0 saturated heterocycles. The summed E-state index contributed by atoms with van der Waals surface area (Å²) in [5.41, 5.74) is 0.791. The molecule has 26 heavy (non-hydrogen) atoms. The molecule has 0 aromatic heterocycles. The summed E-state index contributed by atoms with van der Waals surface area (Å²) in [7, 11) is -4.20. The summed E-state index contributed by atoms with van der Waals surface area (Å²) in [4.78, 5) is 35.8. The van der Waals surface area contributed by atoms with E-state index in [-0.39, 0.29) is 18.4 Å². The van der Waals surface area contributed by atoms with E-state index in [0.29, 0.717) is 13.0 Å². The van der Waals surface area contributed by atoms with Crippen molar-refractivity contribution in [1.82, 2.24) is 15.7 Å². The van der Waals surface area contributed by atoms with Crippen LogP contribution in [0.25, 0.3) is 0 Å². The fourth-order valence-electron chi connectivity index (χ4n) is 2.21. The van der Waals surface area contributed by atoms with Gasteiger partial charge >= 0.3 is 6.09 Å². The van der Waals surface area contributed by atoms with E-state index < -0.39 is 25.9 Å². The second-order valence-electron chi connectivity index (χ2n) is 6.28. The van der Waals surface area contributed by atoms with E-state index in [1.54, 1.807) is 19.1 Å². The molecule has 3 N–H and O–H groups in total. The van der Waals surface area contributed by atoms with Crippen molar-refractivity contribution in [2.45, 2.75) is 39.8 Å². The summed E-state index contributed by atoms with van der Waals surface area (Å²) in [6.45, 7) is 5.98. The predicted octanol–water partition coefficient (Wildman–Crippen LogP) is 1.56. The minimum absolute atomic E-state index is 0.0398. The zero-order chi connectivity index (χ0) is 19.6. The lowest BCUT2D eigenvalue weighted by Crippen LogP contribution is -2.46. The van der Waals surface area contributed by atoms with Gasteiger partial charge in [0.15, 0.2) is 0 Å². The first-order valence-electron chi connectivity index (χ1n) is 8.53. The molecular weight excluding hydrogens is 357 g/mol.